The number of hydrogen-bond acceptors (Lipinski definition) is 14. The number of ether oxygens (including phenoxy) is 7. The van der Waals surface area contributed by atoms with E-state index in [0.717, 1.165) is 27.7 Å². The second-order valence-electron chi connectivity index (χ2n) is 9.67. The lowest BCUT2D eigenvalue weighted by atomic mass is 9.89. The van der Waals surface area contributed by atoms with Crippen LogP contribution >= 0.6 is 0 Å². The SMILES string of the molecule is COc1cc([C@@H]2O[C@H](COC(C)=O)[C@H](OC(C)=O)[C@H](OC(C)=O)[C@H]2OC(C)=O)c(OC)cc1NC(=O)c1ccc([N+](=O)[O-])cc1. The van der Waals surface area contributed by atoms with Gasteiger partial charge in [-0.1, -0.05) is 0 Å². The van der Waals surface area contributed by atoms with Crippen molar-refractivity contribution in [2.75, 3.05) is 26.1 Å². The number of nitro benzene ring substituents is 1. The molecule has 45 heavy (non-hydrogen) atoms. The second kappa shape index (κ2) is 15.0. The van der Waals surface area contributed by atoms with Gasteiger partial charge in [-0.25, -0.2) is 0 Å². The maximum Gasteiger partial charge on any atom is 0.303 e. The summed E-state index contributed by atoms with van der Waals surface area (Å²) in [5, 5.41) is 13.6. The third-order valence-corrected chi connectivity index (χ3v) is 6.44. The molecule has 16 heteroatoms. The van der Waals surface area contributed by atoms with Crippen molar-refractivity contribution < 1.29 is 62.1 Å². The summed E-state index contributed by atoms with van der Waals surface area (Å²) >= 11 is 0. The number of hydrogen-bond donors (Lipinski definition) is 1. The topological polar surface area (TPSA) is 205 Å². The molecule has 1 N–H and O–H groups in total. The van der Waals surface area contributed by atoms with Gasteiger partial charge in [-0.05, 0) is 18.2 Å². The Morgan fingerprint density at radius 3 is 1.87 bits per heavy atom. The van der Waals surface area contributed by atoms with E-state index in [-0.39, 0.29) is 34.0 Å². The molecular formula is C29H32N2O14. The lowest BCUT2D eigenvalue weighted by Gasteiger charge is -2.44. The van der Waals surface area contributed by atoms with E-state index in [4.69, 9.17) is 33.2 Å². The fraction of sp³-hybridized carbons (Fsp3) is 0.414. The molecule has 1 saturated heterocycles. The number of methoxy groups -OCH3 is 2. The van der Waals surface area contributed by atoms with Gasteiger partial charge >= 0.3 is 23.9 Å². The van der Waals surface area contributed by atoms with Crippen LogP contribution in [0, 0.1) is 10.1 Å². The highest BCUT2D eigenvalue weighted by Crippen LogP contribution is 2.44. The number of nitrogens with one attached hydrogen (secondary N) is 1. The summed E-state index contributed by atoms with van der Waals surface area (Å²) in [5.74, 6) is -3.47. The molecular weight excluding hydrogens is 600 g/mol. The summed E-state index contributed by atoms with van der Waals surface area (Å²) in [6.45, 7) is 4.05. The average molecular weight is 633 g/mol. The number of nitrogens with zero attached hydrogens (tertiary/aromatic N) is 1. The van der Waals surface area contributed by atoms with Crippen LogP contribution < -0.4 is 14.8 Å². The van der Waals surface area contributed by atoms with Crippen molar-refractivity contribution >= 4 is 41.2 Å². The molecule has 1 amide bonds. The lowest BCUT2D eigenvalue weighted by molar-refractivity contribution is -0.384. The lowest BCUT2D eigenvalue weighted by Crippen LogP contribution is -2.59. The zero-order chi connectivity index (χ0) is 33.4. The smallest absolute Gasteiger partial charge is 0.303 e. The number of benzene rings is 2. The van der Waals surface area contributed by atoms with Crippen molar-refractivity contribution in [2.45, 2.75) is 58.2 Å². The highest BCUT2D eigenvalue weighted by atomic mass is 16.7. The summed E-state index contributed by atoms with van der Waals surface area (Å²) in [5.41, 5.74) is 0.248. The van der Waals surface area contributed by atoms with Crippen LogP contribution in [0.15, 0.2) is 36.4 Å². The van der Waals surface area contributed by atoms with Crippen LogP contribution in [-0.2, 0) is 42.9 Å². The Hall–Kier alpha value is -5.25. The van der Waals surface area contributed by atoms with E-state index in [1.54, 1.807) is 0 Å². The fourth-order valence-electron chi connectivity index (χ4n) is 4.65. The molecule has 3 rings (SSSR count). The zero-order valence-electron chi connectivity index (χ0n) is 25.2. The number of rotatable bonds is 11. The molecule has 0 radical (unpaired) electrons. The van der Waals surface area contributed by atoms with Gasteiger partial charge in [-0.15, -0.1) is 0 Å². The number of carbonyl (C=O) groups is 5. The highest BCUT2D eigenvalue weighted by Gasteiger charge is 2.53. The second-order valence-corrected chi connectivity index (χ2v) is 9.67. The third-order valence-electron chi connectivity index (χ3n) is 6.44. The number of esters is 4. The van der Waals surface area contributed by atoms with Crippen molar-refractivity contribution in [1.82, 2.24) is 0 Å². The van der Waals surface area contributed by atoms with Gasteiger partial charge < -0.3 is 38.5 Å². The fourth-order valence-corrected chi connectivity index (χ4v) is 4.65. The van der Waals surface area contributed by atoms with Crippen LogP contribution in [0.2, 0.25) is 0 Å². The number of carbonyl (C=O) groups excluding carboxylic acids is 5. The minimum Gasteiger partial charge on any atom is -0.496 e. The number of non-ortho nitro benzene ring substituents is 1. The molecule has 16 nitrogen and oxygen atoms in total. The van der Waals surface area contributed by atoms with Crippen LogP contribution in [0.5, 0.6) is 11.5 Å². The van der Waals surface area contributed by atoms with Gasteiger partial charge in [0.05, 0.1) is 24.8 Å². The van der Waals surface area contributed by atoms with Crippen LogP contribution in [-0.4, -0.2) is 80.0 Å². The quantitative estimate of drug-likeness (QED) is 0.164. The van der Waals surface area contributed by atoms with E-state index in [0.29, 0.717) is 0 Å². The molecule has 0 saturated carbocycles. The first-order valence-electron chi connectivity index (χ1n) is 13.4. The van der Waals surface area contributed by atoms with Gasteiger partial charge in [0.2, 0.25) is 0 Å². The van der Waals surface area contributed by atoms with E-state index >= 15 is 0 Å². The molecule has 0 unspecified atom stereocenters. The van der Waals surface area contributed by atoms with Gasteiger partial charge in [-0.2, -0.15) is 0 Å². The number of anilines is 1. The molecule has 1 heterocycles. The van der Waals surface area contributed by atoms with Crippen molar-refractivity contribution in [3.63, 3.8) is 0 Å². The Bertz CT molecular complexity index is 1460. The van der Waals surface area contributed by atoms with Gasteiger partial charge in [-0.3, -0.25) is 34.1 Å². The summed E-state index contributed by atoms with van der Waals surface area (Å²) < 4.78 is 38.9. The Morgan fingerprint density at radius 1 is 0.800 bits per heavy atom. The van der Waals surface area contributed by atoms with Gasteiger partial charge in [0.25, 0.3) is 11.6 Å². The summed E-state index contributed by atoms with van der Waals surface area (Å²) in [4.78, 5) is 71.5. The minimum absolute atomic E-state index is 0.0916. The molecule has 0 bridgehead atoms. The number of nitro groups is 1. The normalized spacial score (nSPS) is 20.6. The summed E-state index contributed by atoms with van der Waals surface area (Å²) in [6, 6.07) is 7.74. The maximum atomic E-state index is 13.0. The predicted octanol–water partition coefficient (Wildman–Crippen LogP) is 2.66. The molecule has 1 aliphatic rings. The molecule has 0 aromatic heterocycles. The van der Waals surface area contributed by atoms with Gasteiger partial charge in [0.15, 0.2) is 18.3 Å². The van der Waals surface area contributed by atoms with E-state index in [2.05, 4.69) is 5.32 Å². The molecule has 2 aromatic rings. The van der Waals surface area contributed by atoms with Crippen LogP contribution in [0.4, 0.5) is 11.4 Å². The molecule has 2 aromatic carbocycles. The Kier molecular flexibility index (Phi) is 11.4. The molecule has 0 spiro atoms. The summed E-state index contributed by atoms with van der Waals surface area (Å²) in [6.07, 6.45) is -6.69. The van der Waals surface area contributed by atoms with Crippen molar-refractivity contribution in [2.24, 2.45) is 0 Å². The first kappa shape index (κ1) is 34.2. The Morgan fingerprint density at radius 2 is 1.36 bits per heavy atom. The highest BCUT2D eigenvalue weighted by molar-refractivity contribution is 6.05. The molecule has 1 aliphatic heterocycles. The Labute approximate surface area is 256 Å². The largest absolute Gasteiger partial charge is 0.496 e. The first-order chi connectivity index (χ1) is 21.2. The average Bonchev–Trinajstić information content (AvgIpc) is 2.97. The third kappa shape index (κ3) is 8.66. The monoisotopic (exact) mass is 632 g/mol. The van der Waals surface area contributed by atoms with Crippen molar-refractivity contribution in [1.29, 1.82) is 0 Å². The molecule has 1 fully saturated rings. The zero-order valence-corrected chi connectivity index (χ0v) is 25.2. The van der Waals surface area contributed by atoms with Gasteiger partial charge in [0, 0.05) is 57.0 Å². The van der Waals surface area contributed by atoms with Crippen molar-refractivity contribution in [3.8, 4) is 11.5 Å². The van der Waals surface area contributed by atoms with E-state index in [9.17, 15) is 34.1 Å². The summed E-state index contributed by atoms with van der Waals surface area (Å²) in [7, 11) is 2.64. The maximum absolute atomic E-state index is 13.0. The standard InChI is InChI=1S/C29H32N2O14/c1-14(32)41-13-24-26(42-15(2)33)28(44-17(4)35)27(43-16(3)34)25(45-24)20-11-23(40-6)21(12-22(20)39-5)30-29(36)18-7-9-19(10-8-18)31(37)38/h7-12,24-28H,13H2,1-6H3,(H,30,36)/t24-,25+,26+,27+,28+/m1/s1. The van der Waals surface area contributed by atoms with Crippen LogP contribution in [0.3, 0.4) is 0 Å². The molecule has 242 valence electrons. The predicted molar refractivity (Wildman–Crippen MR) is 152 cm³/mol. The van der Waals surface area contributed by atoms with E-state index < -0.39 is 71.8 Å². The van der Waals surface area contributed by atoms with E-state index in [1.807, 2.05) is 0 Å². The van der Waals surface area contributed by atoms with Crippen LogP contribution in [0.1, 0.15) is 49.7 Å². The minimum atomic E-state index is -1.42. The van der Waals surface area contributed by atoms with E-state index in [1.165, 1.54) is 50.6 Å². The molecule has 0 aliphatic carbocycles. The van der Waals surface area contributed by atoms with Crippen molar-refractivity contribution in [3.05, 3.63) is 57.6 Å². The number of amides is 1. The first-order valence-corrected chi connectivity index (χ1v) is 13.4. The van der Waals surface area contributed by atoms with Gasteiger partial charge in [0.1, 0.15) is 30.3 Å². The van der Waals surface area contributed by atoms with Crippen LogP contribution in [0.25, 0.3) is 0 Å². The molecule has 5 atom stereocenters. The Balaban J connectivity index is 2.11.